The number of hydrogen-bond donors (Lipinski definition) is 4. The summed E-state index contributed by atoms with van der Waals surface area (Å²) in [5.74, 6) is -1.08. The Kier molecular flexibility index (Phi) is 4.36. The molecule has 0 radical (unpaired) electrons. The number of likely N-dealkylation sites (tertiary alicyclic amines) is 1. The van der Waals surface area contributed by atoms with Crippen LogP contribution in [0.5, 0.6) is 0 Å². The maximum absolute atomic E-state index is 12.0. The quantitative estimate of drug-likeness (QED) is 0.540. The summed E-state index contributed by atoms with van der Waals surface area (Å²) in [6, 6.07) is -0.260. The molecule has 0 aromatic carbocycles. The third-order valence-electron chi connectivity index (χ3n) is 4.15. The van der Waals surface area contributed by atoms with Crippen molar-refractivity contribution in [2.45, 2.75) is 37.8 Å². The van der Waals surface area contributed by atoms with Gasteiger partial charge in [0.05, 0.1) is 6.54 Å². The molecule has 2 heterocycles. The van der Waals surface area contributed by atoms with Crippen LogP contribution < -0.4 is 10.6 Å². The molecule has 2 aliphatic heterocycles. The molecule has 3 atom stereocenters. The largest absolute Gasteiger partial charge is 0.479 e. The lowest BCUT2D eigenvalue weighted by Gasteiger charge is -2.41. The summed E-state index contributed by atoms with van der Waals surface area (Å²) in [5.41, 5.74) is -1.98. The molecular formula is C13H21N3O5. The van der Waals surface area contributed by atoms with Gasteiger partial charge in [-0.25, -0.2) is 9.59 Å². The predicted octanol–water partition coefficient (Wildman–Crippen LogP) is -0.868. The Balaban J connectivity index is 1.84. The van der Waals surface area contributed by atoms with Crippen molar-refractivity contribution in [2.24, 2.45) is 5.92 Å². The minimum absolute atomic E-state index is 0.0617. The molecule has 2 fully saturated rings. The van der Waals surface area contributed by atoms with Gasteiger partial charge in [0.1, 0.15) is 0 Å². The molecule has 3 amide bonds. The van der Waals surface area contributed by atoms with E-state index in [0.717, 1.165) is 13.3 Å². The zero-order valence-electron chi connectivity index (χ0n) is 12.0. The molecule has 2 aliphatic rings. The molecule has 0 aromatic heterocycles. The van der Waals surface area contributed by atoms with E-state index in [1.807, 2.05) is 0 Å². The van der Waals surface area contributed by atoms with E-state index in [-0.39, 0.29) is 30.4 Å². The van der Waals surface area contributed by atoms with E-state index in [9.17, 15) is 19.5 Å². The average Bonchev–Trinajstić information content (AvgIpc) is 2.44. The highest BCUT2D eigenvalue weighted by molar-refractivity contribution is 5.80. The van der Waals surface area contributed by atoms with Crippen LogP contribution in [0.15, 0.2) is 0 Å². The summed E-state index contributed by atoms with van der Waals surface area (Å²) in [7, 11) is 0. The summed E-state index contributed by atoms with van der Waals surface area (Å²) in [4.78, 5) is 35.7. The second kappa shape index (κ2) is 5.88. The van der Waals surface area contributed by atoms with E-state index in [0.29, 0.717) is 25.9 Å². The van der Waals surface area contributed by atoms with E-state index in [1.54, 1.807) is 4.90 Å². The summed E-state index contributed by atoms with van der Waals surface area (Å²) in [5, 5.41) is 23.7. The van der Waals surface area contributed by atoms with Gasteiger partial charge in [-0.1, -0.05) is 0 Å². The average molecular weight is 299 g/mol. The predicted molar refractivity (Wildman–Crippen MR) is 72.5 cm³/mol. The zero-order chi connectivity index (χ0) is 15.6. The highest BCUT2D eigenvalue weighted by Crippen LogP contribution is 2.25. The zero-order valence-corrected chi connectivity index (χ0v) is 12.0. The molecule has 0 bridgehead atoms. The van der Waals surface area contributed by atoms with Gasteiger partial charge in [0.15, 0.2) is 5.60 Å². The van der Waals surface area contributed by atoms with Crippen molar-refractivity contribution in [2.75, 3.05) is 19.6 Å². The van der Waals surface area contributed by atoms with Gasteiger partial charge in [-0.15, -0.1) is 0 Å². The van der Waals surface area contributed by atoms with Crippen molar-refractivity contribution in [1.82, 2.24) is 15.5 Å². The number of piperidine rings is 2. The third-order valence-corrected chi connectivity index (χ3v) is 4.15. The first-order chi connectivity index (χ1) is 9.79. The molecule has 8 nitrogen and oxygen atoms in total. The van der Waals surface area contributed by atoms with Crippen molar-refractivity contribution in [1.29, 1.82) is 0 Å². The molecule has 0 spiro atoms. The molecule has 8 heteroatoms. The van der Waals surface area contributed by atoms with Crippen molar-refractivity contribution in [3.8, 4) is 0 Å². The third kappa shape index (κ3) is 3.63. The molecule has 2 rings (SSSR count). The lowest BCUT2D eigenvalue weighted by atomic mass is 9.85. The number of nitrogens with zero attached hydrogens (tertiary/aromatic N) is 1. The Morgan fingerprint density at radius 1 is 1.48 bits per heavy atom. The summed E-state index contributed by atoms with van der Waals surface area (Å²) in [6.45, 7) is 1.83. The van der Waals surface area contributed by atoms with Crippen LogP contribution in [-0.4, -0.2) is 64.3 Å². The topological polar surface area (TPSA) is 119 Å². The second-order valence-corrected chi connectivity index (χ2v) is 5.95. The van der Waals surface area contributed by atoms with Crippen LogP contribution >= 0.6 is 0 Å². The number of carbonyl (C=O) groups excluding carboxylic acids is 2. The number of rotatable bonds is 3. The maximum Gasteiger partial charge on any atom is 0.337 e. The fourth-order valence-corrected chi connectivity index (χ4v) is 2.73. The molecule has 0 saturated carbocycles. The number of hydrogen-bond acceptors (Lipinski definition) is 4. The summed E-state index contributed by atoms with van der Waals surface area (Å²) in [6.07, 6.45) is 1.93. The Bertz CT molecular complexity index is 451. The minimum atomic E-state index is -1.98. The van der Waals surface area contributed by atoms with E-state index < -0.39 is 11.6 Å². The van der Waals surface area contributed by atoms with E-state index in [4.69, 9.17) is 5.11 Å². The van der Waals surface area contributed by atoms with Crippen LogP contribution in [0.2, 0.25) is 0 Å². The van der Waals surface area contributed by atoms with Gasteiger partial charge in [0.2, 0.25) is 5.91 Å². The maximum atomic E-state index is 12.0. The molecule has 0 aliphatic carbocycles. The van der Waals surface area contributed by atoms with Crippen LogP contribution in [0.4, 0.5) is 4.79 Å². The summed E-state index contributed by atoms with van der Waals surface area (Å²) >= 11 is 0. The monoisotopic (exact) mass is 299 g/mol. The first-order valence-electron chi connectivity index (χ1n) is 7.07. The van der Waals surface area contributed by atoms with Crippen molar-refractivity contribution in [3.63, 3.8) is 0 Å². The van der Waals surface area contributed by atoms with Gasteiger partial charge in [-0.2, -0.15) is 0 Å². The van der Waals surface area contributed by atoms with Gasteiger partial charge < -0.3 is 25.7 Å². The Morgan fingerprint density at radius 2 is 2.19 bits per heavy atom. The standard InChI is InChI=1S/C13H21N3O5/c1-13(21,11(18)19)7-14-12(20)16-5-4-9-8(6-16)2-3-10(17)15-9/h8-9,21H,2-7H2,1H3,(H,14,20)(H,15,17)(H,18,19). The summed E-state index contributed by atoms with van der Waals surface area (Å²) < 4.78 is 0. The smallest absolute Gasteiger partial charge is 0.337 e. The van der Waals surface area contributed by atoms with E-state index >= 15 is 0 Å². The molecule has 3 unspecified atom stereocenters. The molecular weight excluding hydrogens is 278 g/mol. The van der Waals surface area contributed by atoms with Gasteiger partial charge >= 0.3 is 12.0 Å². The molecule has 118 valence electrons. The van der Waals surface area contributed by atoms with Crippen LogP contribution in [0.25, 0.3) is 0 Å². The highest BCUT2D eigenvalue weighted by Gasteiger charge is 2.36. The Labute approximate surface area is 122 Å². The van der Waals surface area contributed by atoms with Crippen LogP contribution in [-0.2, 0) is 9.59 Å². The number of urea groups is 1. The first-order valence-corrected chi connectivity index (χ1v) is 7.07. The molecule has 21 heavy (non-hydrogen) atoms. The number of carbonyl (C=O) groups is 3. The molecule has 4 N–H and O–H groups in total. The van der Waals surface area contributed by atoms with Crippen molar-refractivity contribution >= 4 is 17.9 Å². The van der Waals surface area contributed by atoms with Crippen molar-refractivity contribution < 1.29 is 24.6 Å². The Morgan fingerprint density at radius 3 is 2.86 bits per heavy atom. The first kappa shape index (κ1) is 15.6. The minimum Gasteiger partial charge on any atom is -0.479 e. The lowest BCUT2D eigenvalue weighted by Crippen LogP contribution is -2.57. The normalized spacial score (nSPS) is 28.1. The van der Waals surface area contributed by atoms with Gasteiger partial charge in [0.25, 0.3) is 0 Å². The number of carboxylic acid groups (broad SMARTS) is 1. The Hall–Kier alpha value is -1.83. The van der Waals surface area contributed by atoms with Gasteiger partial charge in [-0.05, 0) is 25.7 Å². The second-order valence-electron chi connectivity index (χ2n) is 5.95. The van der Waals surface area contributed by atoms with Crippen LogP contribution in [0, 0.1) is 5.92 Å². The number of nitrogens with one attached hydrogen (secondary N) is 2. The van der Waals surface area contributed by atoms with Gasteiger partial charge in [0, 0.05) is 25.6 Å². The lowest BCUT2D eigenvalue weighted by molar-refractivity contribution is -0.155. The highest BCUT2D eigenvalue weighted by atomic mass is 16.4. The fourth-order valence-electron chi connectivity index (χ4n) is 2.73. The van der Waals surface area contributed by atoms with E-state index in [1.165, 1.54) is 0 Å². The number of carboxylic acids is 1. The SMILES string of the molecule is CC(O)(CNC(=O)N1CCC2NC(=O)CCC2C1)C(=O)O. The van der Waals surface area contributed by atoms with Crippen LogP contribution in [0.1, 0.15) is 26.2 Å². The molecule has 2 saturated heterocycles. The fraction of sp³-hybridized carbons (Fsp3) is 0.769. The van der Waals surface area contributed by atoms with Crippen LogP contribution in [0.3, 0.4) is 0 Å². The van der Waals surface area contributed by atoms with Gasteiger partial charge in [-0.3, -0.25) is 4.79 Å². The number of aliphatic hydroxyl groups is 1. The molecule has 0 aromatic rings. The number of amides is 3. The van der Waals surface area contributed by atoms with E-state index in [2.05, 4.69) is 10.6 Å². The van der Waals surface area contributed by atoms with Crippen molar-refractivity contribution in [3.05, 3.63) is 0 Å². The number of aliphatic carboxylic acids is 1. The number of fused-ring (bicyclic) bond motifs is 1.